The van der Waals surface area contributed by atoms with Crippen LogP contribution in [0.1, 0.15) is 174 Å². The molecule has 0 aliphatic carbocycles. The average Bonchev–Trinajstić information content (AvgIpc) is 2.84. The monoisotopic (exact) mass is 568 g/mol. The Morgan fingerprint density at radius 1 is 0.595 bits per heavy atom. The van der Waals surface area contributed by atoms with Crippen molar-refractivity contribution in [3.05, 3.63) is 12.2 Å². The van der Waals surface area contributed by atoms with Gasteiger partial charge in [-0.15, -0.1) is 0 Å². The van der Waals surface area contributed by atoms with E-state index in [9.17, 15) is 13.0 Å². The molecule has 0 aromatic heterocycles. The molecule has 0 saturated carbocycles. The minimum absolute atomic E-state index is 0. The van der Waals surface area contributed by atoms with Gasteiger partial charge in [0.25, 0.3) is 0 Å². The van der Waals surface area contributed by atoms with Crippen molar-refractivity contribution in [3.63, 3.8) is 0 Å². The van der Waals surface area contributed by atoms with Crippen LogP contribution in [-0.2, 0) is 14.6 Å². The summed E-state index contributed by atoms with van der Waals surface area (Å²) >= 11 is 0. The van der Waals surface area contributed by atoms with Gasteiger partial charge in [-0.2, -0.15) is 0 Å². The van der Waals surface area contributed by atoms with E-state index in [0.717, 1.165) is 19.3 Å². The Labute approximate surface area is 275 Å². The fourth-order valence-corrected chi connectivity index (χ4v) is 5.21. The van der Waals surface area contributed by atoms with Crippen molar-refractivity contribution in [2.24, 2.45) is 5.92 Å². The van der Waals surface area contributed by atoms with Gasteiger partial charge in [-0.25, -0.2) is 8.42 Å². The van der Waals surface area contributed by atoms with E-state index in [4.69, 9.17) is 0 Å². The summed E-state index contributed by atoms with van der Waals surface area (Å²) in [5, 5.41) is 0. The second-order valence-corrected chi connectivity index (χ2v) is 11.9. The minimum Gasteiger partial charge on any atom is -0.726 e. The van der Waals surface area contributed by atoms with Crippen molar-refractivity contribution in [1.82, 2.24) is 0 Å². The molecule has 0 radical (unpaired) electrons. The third-order valence-corrected chi connectivity index (χ3v) is 7.66. The molecule has 1 atom stereocenters. The molecule has 0 fully saturated rings. The quantitative estimate of drug-likeness (QED) is 0.0309. The molecule has 4 nitrogen and oxygen atoms in total. The van der Waals surface area contributed by atoms with E-state index in [2.05, 4.69) is 30.2 Å². The Bertz CT molecular complexity index is 566. The van der Waals surface area contributed by atoms with Gasteiger partial charge in [-0.05, 0) is 19.3 Å². The number of rotatable bonds is 29. The van der Waals surface area contributed by atoms with E-state index in [-0.39, 0.29) is 63.9 Å². The first-order valence-corrected chi connectivity index (χ1v) is 17.1. The van der Waals surface area contributed by atoms with E-state index in [0.29, 0.717) is 0 Å². The molecule has 0 aliphatic rings. The molecule has 216 valence electrons. The maximum absolute atomic E-state index is 10.9. The van der Waals surface area contributed by atoms with Crippen LogP contribution in [0.4, 0.5) is 0 Å². The predicted molar refractivity (Wildman–Crippen MR) is 155 cm³/mol. The van der Waals surface area contributed by atoms with Crippen molar-refractivity contribution in [2.75, 3.05) is 6.61 Å². The third kappa shape index (κ3) is 35.2. The van der Waals surface area contributed by atoms with Crippen molar-refractivity contribution in [1.29, 1.82) is 0 Å². The molecule has 0 aromatic carbocycles. The van der Waals surface area contributed by atoms with Crippen LogP contribution in [0.2, 0.25) is 0 Å². The molecule has 0 aliphatic heterocycles. The molecule has 0 heterocycles. The molecular weight excluding hydrogens is 508 g/mol. The second-order valence-electron chi connectivity index (χ2n) is 10.9. The summed E-state index contributed by atoms with van der Waals surface area (Å²) in [5.41, 5.74) is 0. The smallest absolute Gasteiger partial charge is 0.726 e. The van der Waals surface area contributed by atoms with Gasteiger partial charge in [-0.1, -0.05) is 167 Å². The van der Waals surface area contributed by atoms with Gasteiger partial charge in [-0.3, -0.25) is 4.18 Å². The number of hydrogen-bond donors (Lipinski definition) is 0. The Morgan fingerprint density at radius 2 is 0.946 bits per heavy atom. The van der Waals surface area contributed by atoms with Crippen LogP contribution >= 0.6 is 0 Å². The van der Waals surface area contributed by atoms with E-state index in [1.54, 1.807) is 0 Å². The van der Waals surface area contributed by atoms with Crippen LogP contribution < -0.4 is 51.4 Å². The van der Waals surface area contributed by atoms with Gasteiger partial charge >= 0.3 is 51.4 Å². The van der Waals surface area contributed by atoms with E-state index in [1.807, 2.05) is 0 Å². The maximum Gasteiger partial charge on any atom is 1.00 e. The van der Waals surface area contributed by atoms with Gasteiger partial charge in [0.1, 0.15) is 0 Å². The Balaban J connectivity index is 0. The largest absolute Gasteiger partial charge is 1.00 e. The molecule has 0 bridgehead atoms. The van der Waals surface area contributed by atoms with Crippen LogP contribution in [-0.4, -0.2) is 19.6 Å². The average molecular weight is 569 g/mol. The zero-order valence-electron chi connectivity index (χ0n) is 25.2. The number of hydrogen-bond acceptors (Lipinski definition) is 4. The summed E-state index contributed by atoms with van der Waals surface area (Å²) in [5.74, 6) is 0.0183. The summed E-state index contributed by atoms with van der Waals surface area (Å²) in [4.78, 5) is 0. The van der Waals surface area contributed by atoms with Gasteiger partial charge in [0.15, 0.2) is 0 Å². The Kier molecular flexibility index (Phi) is 34.7. The first-order valence-electron chi connectivity index (χ1n) is 15.8. The van der Waals surface area contributed by atoms with Gasteiger partial charge < -0.3 is 4.55 Å². The summed E-state index contributed by atoms with van der Waals surface area (Å²) < 4.78 is 37.2. The molecule has 37 heavy (non-hydrogen) atoms. The SMILES string of the molecule is CCCCCCCCCC/C=C/C(CCCCCCCCCCCCCCCCC)COS(=O)(=O)[O-].[K+]. The van der Waals surface area contributed by atoms with Gasteiger partial charge in [0.05, 0.1) is 6.61 Å². The van der Waals surface area contributed by atoms with E-state index >= 15 is 0 Å². The van der Waals surface area contributed by atoms with Crippen LogP contribution in [0.5, 0.6) is 0 Å². The van der Waals surface area contributed by atoms with Crippen molar-refractivity contribution in [3.8, 4) is 0 Å². The molecule has 6 heteroatoms. The Hall–Kier alpha value is 1.25. The zero-order valence-corrected chi connectivity index (χ0v) is 29.1. The molecule has 0 aromatic rings. The van der Waals surface area contributed by atoms with Crippen LogP contribution in [0, 0.1) is 5.92 Å². The number of allylic oxidation sites excluding steroid dienone is 1. The molecule has 0 saturated heterocycles. The van der Waals surface area contributed by atoms with E-state index < -0.39 is 10.4 Å². The summed E-state index contributed by atoms with van der Waals surface area (Å²) in [6.07, 6.45) is 36.6. The second kappa shape index (κ2) is 31.8. The topological polar surface area (TPSA) is 66.4 Å². The first kappa shape index (κ1) is 40.4. The fraction of sp³-hybridized carbons (Fsp3) is 0.935. The molecular formula is C31H61KO4S. The third-order valence-electron chi connectivity index (χ3n) is 7.24. The molecule has 0 N–H and O–H groups in total. The van der Waals surface area contributed by atoms with Crippen LogP contribution in [0.15, 0.2) is 12.2 Å². The normalized spacial score (nSPS) is 12.7. The summed E-state index contributed by atoms with van der Waals surface area (Å²) in [6.45, 7) is 4.50. The molecule has 0 rings (SSSR count). The van der Waals surface area contributed by atoms with Gasteiger partial charge in [0.2, 0.25) is 10.4 Å². The molecule has 1 unspecified atom stereocenters. The van der Waals surface area contributed by atoms with Crippen LogP contribution in [0.3, 0.4) is 0 Å². The van der Waals surface area contributed by atoms with Crippen LogP contribution in [0.25, 0.3) is 0 Å². The standard InChI is InChI=1S/C31H62O4S.K/c1-3-5-7-9-11-13-15-16-17-18-19-21-23-25-27-29-31(30-35-36(32,33)34)28-26-24-22-20-14-12-10-8-6-4-2;/h26,28,31H,3-25,27,29-30H2,1-2H3,(H,32,33,34);/q;+1/p-1/b28-26+;. The van der Waals surface area contributed by atoms with Gasteiger partial charge in [0, 0.05) is 5.92 Å². The van der Waals surface area contributed by atoms with Crippen molar-refractivity contribution < 1.29 is 68.5 Å². The number of unbranched alkanes of at least 4 members (excludes halogenated alkanes) is 22. The van der Waals surface area contributed by atoms with Crippen molar-refractivity contribution >= 4 is 10.4 Å². The summed E-state index contributed by atoms with van der Waals surface area (Å²) in [7, 11) is -4.62. The maximum atomic E-state index is 10.9. The first-order chi connectivity index (χ1) is 17.5. The predicted octanol–water partition coefficient (Wildman–Crippen LogP) is 7.43. The minimum atomic E-state index is -4.62. The van der Waals surface area contributed by atoms with Crippen molar-refractivity contribution in [2.45, 2.75) is 174 Å². The Morgan fingerprint density at radius 3 is 1.32 bits per heavy atom. The summed E-state index contributed by atoms with van der Waals surface area (Å²) in [6, 6.07) is 0. The molecule has 0 amide bonds. The fourth-order valence-electron chi connectivity index (χ4n) is 4.87. The van der Waals surface area contributed by atoms with E-state index in [1.165, 1.54) is 141 Å². The zero-order chi connectivity index (χ0) is 26.6. The molecule has 0 spiro atoms.